The Labute approximate surface area is 116 Å². The van der Waals surface area contributed by atoms with E-state index in [4.69, 9.17) is 4.74 Å². The Bertz CT molecular complexity index is 281. The van der Waals surface area contributed by atoms with E-state index in [0.717, 1.165) is 19.1 Å². The first-order valence-corrected chi connectivity index (χ1v) is 8.03. The van der Waals surface area contributed by atoms with E-state index in [1.165, 1.54) is 58.3 Å². The molecule has 4 heteroatoms. The van der Waals surface area contributed by atoms with E-state index in [0.29, 0.717) is 18.7 Å². The second kappa shape index (κ2) is 6.53. The zero-order chi connectivity index (χ0) is 13.1. The van der Waals surface area contributed by atoms with E-state index in [-0.39, 0.29) is 0 Å². The monoisotopic (exact) mass is 268 g/mol. The third-order valence-corrected chi connectivity index (χ3v) is 5.16. The summed E-state index contributed by atoms with van der Waals surface area (Å²) in [7, 11) is 0. The molecule has 110 valence electrons. The maximum absolute atomic E-state index is 9.34. The summed E-state index contributed by atoms with van der Waals surface area (Å²) >= 11 is 0. The van der Waals surface area contributed by atoms with Crippen molar-refractivity contribution in [1.29, 1.82) is 0 Å². The number of nitrogens with zero attached hydrogens (tertiary/aromatic N) is 2. The van der Waals surface area contributed by atoms with Gasteiger partial charge in [-0.15, -0.1) is 0 Å². The molecule has 3 fully saturated rings. The van der Waals surface area contributed by atoms with Crippen LogP contribution in [-0.4, -0.2) is 73.0 Å². The number of hydrogen-bond donors (Lipinski definition) is 1. The van der Waals surface area contributed by atoms with Crippen molar-refractivity contribution < 1.29 is 9.84 Å². The highest BCUT2D eigenvalue weighted by molar-refractivity contribution is 4.95. The molecule has 3 aliphatic rings. The van der Waals surface area contributed by atoms with Gasteiger partial charge in [0.1, 0.15) is 0 Å². The van der Waals surface area contributed by atoms with Gasteiger partial charge in [0.15, 0.2) is 0 Å². The number of ether oxygens (including phenoxy) is 1. The standard InChI is InChI=1S/C15H28N2O2/c18-12-15-9-14-11-16(5-1-2-6-17(14)15)10-13-3-7-19-8-4-13/h13-15,18H,1-12H2/t14-,15+/m1/s1. The molecule has 0 spiro atoms. The lowest BCUT2D eigenvalue weighted by Crippen LogP contribution is -2.62. The van der Waals surface area contributed by atoms with E-state index in [9.17, 15) is 5.11 Å². The van der Waals surface area contributed by atoms with Crippen LogP contribution < -0.4 is 0 Å². The second-order valence-corrected chi connectivity index (χ2v) is 6.49. The average molecular weight is 268 g/mol. The van der Waals surface area contributed by atoms with Crippen molar-refractivity contribution in [2.45, 2.75) is 44.2 Å². The van der Waals surface area contributed by atoms with Crippen molar-refractivity contribution >= 4 is 0 Å². The Morgan fingerprint density at radius 2 is 1.89 bits per heavy atom. The summed E-state index contributed by atoms with van der Waals surface area (Å²) in [5.41, 5.74) is 0. The minimum absolute atomic E-state index is 0.344. The fraction of sp³-hybridized carbons (Fsp3) is 1.00. The maximum atomic E-state index is 9.34. The van der Waals surface area contributed by atoms with Gasteiger partial charge in [-0.1, -0.05) is 0 Å². The van der Waals surface area contributed by atoms with Crippen LogP contribution in [0.3, 0.4) is 0 Å². The normalized spacial score (nSPS) is 35.2. The molecular weight excluding hydrogens is 240 g/mol. The van der Waals surface area contributed by atoms with Crippen LogP contribution in [0.1, 0.15) is 32.1 Å². The first kappa shape index (κ1) is 13.8. The molecule has 0 radical (unpaired) electrons. The molecule has 0 aromatic carbocycles. The largest absolute Gasteiger partial charge is 0.395 e. The highest BCUT2D eigenvalue weighted by Crippen LogP contribution is 2.29. The summed E-state index contributed by atoms with van der Waals surface area (Å²) in [5, 5.41) is 9.34. The molecule has 3 saturated heterocycles. The zero-order valence-corrected chi connectivity index (χ0v) is 12.0. The minimum Gasteiger partial charge on any atom is -0.395 e. The van der Waals surface area contributed by atoms with Crippen LogP contribution in [0.15, 0.2) is 0 Å². The second-order valence-electron chi connectivity index (χ2n) is 6.49. The maximum Gasteiger partial charge on any atom is 0.0587 e. The van der Waals surface area contributed by atoms with Crippen molar-refractivity contribution in [1.82, 2.24) is 9.80 Å². The van der Waals surface area contributed by atoms with Crippen LogP contribution >= 0.6 is 0 Å². The molecule has 0 unspecified atom stereocenters. The predicted molar refractivity (Wildman–Crippen MR) is 75.2 cm³/mol. The van der Waals surface area contributed by atoms with Crippen LogP contribution in [0.5, 0.6) is 0 Å². The zero-order valence-electron chi connectivity index (χ0n) is 12.0. The fourth-order valence-electron chi connectivity index (χ4n) is 3.95. The molecule has 3 rings (SSSR count). The summed E-state index contributed by atoms with van der Waals surface area (Å²) in [4.78, 5) is 5.22. The highest BCUT2D eigenvalue weighted by atomic mass is 16.5. The van der Waals surface area contributed by atoms with Gasteiger partial charge >= 0.3 is 0 Å². The highest BCUT2D eigenvalue weighted by Gasteiger charge is 2.39. The molecule has 4 nitrogen and oxygen atoms in total. The summed E-state index contributed by atoms with van der Waals surface area (Å²) in [6.07, 6.45) is 6.27. The number of hydrogen-bond acceptors (Lipinski definition) is 4. The molecule has 0 bridgehead atoms. The summed E-state index contributed by atoms with van der Waals surface area (Å²) in [6.45, 7) is 7.20. The van der Waals surface area contributed by atoms with Crippen molar-refractivity contribution in [2.75, 3.05) is 46.0 Å². The molecule has 19 heavy (non-hydrogen) atoms. The first-order chi connectivity index (χ1) is 9.36. The molecule has 1 N–H and O–H groups in total. The Morgan fingerprint density at radius 3 is 2.68 bits per heavy atom. The van der Waals surface area contributed by atoms with Gasteiger partial charge < -0.3 is 14.7 Å². The van der Waals surface area contributed by atoms with E-state index in [1.807, 2.05) is 0 Å². The van der Waals surface area contributed by atoms with E-state index < -0.39 is 0 Å². The van der Waals surface area contributed by atoms with Crippen LogP contribution in [0.25, 0.3) is 0 Å². The fourth-order valence-corrected chi connectivity index (χ4v) is 3.95. The summed E-state index contributed by atoms with van der Waals surface area (Å²) in [5.74, 6) is 0.843. The summed E-state index contributed by atoms with van der Waals surface area (Å²) < 4.78 is 5.46. The van der Waals surface area contributed by atoms with Crippen molar-refractivity contribution in [3.05, 3.63) is 0 Å². The van der Waals surface area contributed by atoms with Gasteiger partial charge in [-0.25, -0.2) is 0 Å². The van der Waals surface area contributed by atoms with Crippen LogP contribution in [0, 0.1) is 5.92 Å². The smallest absolute Gasteiger partial charge is 0.0587 e. The molecule has 0 aromatic rings. The van der Waals surface area contributed by atoms with Crippen LogP contribution in [0.4, 0.5) is 0 Å². The van der Waals surface area contributed by atoms with Crippen molar-refractivity contribution in [3.8, 4) is 0 Å². The number of aliphatic hydroxyl groups is 1. The SMILES string of the molecule is OC[C@@H]1C[C@@H]2CN(CC3CCOCC3)CCCCN12. The lowest BCUT2D eigenvalue weighted by molar-refractivity contribution is -0.0454. The van der Waals surface area contributed by atoms with E-state index in [1.54, 1.807) is 0 Å². The van der Waals surface area contributed by atoms with Gasteiger partial charge in [0, 0.05) is 38.4 Å². The van der Waals surface area contributed by atoms with Crippen LogP contribution in [0.2, 0.25) is 0 Å². The topological polar surface area (TPSA) is 35.9 Å². The third kappa shape index (κ3) is 3.30. The Balaban J connectivity index is 1.51. The van der Waals surface area contributed by atoms with Crippen molar-refractivity contribution in [2.24, 2.45) is 5.92 Å². The van der Waals surface area contributed by atoms with Gasteiger partial charge in [-0.05, 0) is 51.1 Å². The van der Waals surface area contributed by atoms with Crippen LogP contribution in [-0.2, 0) is 4.74 Å². The quantitative estimate of drug-likeness (QED) is 0.826. The van der Waals surface area contributed by atoms with Gasteiger partial charge in [0.2, 0.25) is 0 Å². The molecule has 3 aliphatic heterocycles. The van der Waals surface area contributed by atoms with E-state index in [2.05, 4.69) is 9.80 Å². The molecule has 0 amide bonds. The van der Waals surface area contributed by atoms with Crippen molar-refractivity contribution in [3.63, 3.8) is 0 Å². The Morgan fingerprint density at radius 1 is 1.11 bits per heavy atom. The van der Waals surface area contributed by atoms with Gasteiger partial charge in [0.25, 0.3) is 0 Å². The molecule has 0 aromatic heterocycles. The Hall–Kier alpha value is -0.160. The lowest BCUT2D eigenvalue weighted by atomic mass is 9.90. The number of fused-ring (bicyclic) bond motifs is 1. The molecule has 0 aliphatic carbocycles. The lowest BCUT2D eigenvalue weighted by Gasteiger charge is -2.51. The average Bonchev–Trinajstić information content (AvgIpc) is 2.41. The number of rotatable bonds is 3. The van der Waals surface area contributed by atoms with Gasteiger partial charge in [0.05, 0.1) is 6.61 Å². The Kier molecular flexibility index (Phi) is 4.74. The molecular formula is C15H28N2O2. The van der Waals surface area contributed by atoms with Gasteiger partial charge in [-0.2, -0.15) is 0 Å². The van der Waals surface area contributed by atoms with E-state index >= 15 is 0 Å². The van der Waals surface area contributed by atoms with Gasteiger partial charge in [-0.3, -0.25) is 4.90 Å². The minimum atomic E-state index is 0.344. The summed E-state index contributed by atoms with van der Waals surface area (Å²) in [6, 6.07) is 1.16. The number of aliphatic hydroxyl groups excluding tert-OH is 1. The molecule has 3 heterocycles. The molecule has 2 atom stereocenters. The molecule has 0 saturated carbocycles. The third-order valence-electron chi connectivity index (χ3n) is 5.16. The predicted octanol–water partition coefficient (Wildman–Crippen LogP) is 0.944. The first-order valence-electron chi connectivity index (χ1n) is 8.03.